The van der Waals surface area contributed by atoms with Crippen LogP contribution in [0.4, 0.5) is 11.4 Å². The molecule has 3 rings (SSSR count). The van der Waals surface area contributed by atoms with E-state index in [9.17, 15) is 9.59 Å². The quantitative estimate of drug-likeness (QED) is 0.766. The van der Waals surface area contributed by atoms with Gasteiger partial charge in [-0.1, -0.05) is 6.07 Å². The van der Waals surface area contributed by atoms with Crippen molar-refractivity contribution in [1.29, 1.82) is 0 Å². The zero-order valence-corrected chi connectivity index (χ0v) is 14.3. The van der Waals surface area contributed by atoms with Gasteiger partial charge >= 0.3 is 0 Å². The predicted molar refractivity (Wildman–Crippen MR) is 98.2 cm³/mol. The predicted octanol–water partition coefficient (Wildman–Crippen LogP) is 3.40. The number of hydrogen-bond donors (Lipinski definition) is 2. The summed E-state index contributed by atoms with van der Waals surface area (Å²) in [6.45, 7) is 1.43. The topological polar surface area (TPSA) is 72.4 Å². The van der Waals surface area contributed by atoms with Crippen molar-refractivity contribution in [2.45, 2.75) is 6.92 Å². The van der Waals surface area contributed by atoms with Gasteiger partial charge in [0.15, 0.2) is 0 Å². The van der Waals surface area contributed by atoms with E-state index < -0.39 is 0 Å². The smallest absolute Gasteiger partial charge is 0.255 e. The molecule has 2 aromatic carbocycles. The molecule has 1 aromatic heterocycles. The van der Waals surface area contributed by atoms with Crippen molar-refractivity contribution in [2.75, 3.05) is 17.7 Å². The summed E-state index contributed by atoms with van der Waals surface area (Å²) in [7, 11) is 3.46. The second kappa shape index (κ2) is 6.68. The number of methoxy groups -OCH3 is 1. The van der Waals surface area contributed by atoms with E-state index in [-0.39, 0.29) is 11.8 Å². The van der Waals surface area contributed by atoms with Gasteiger partial charge in [0.2, 0.25) is 5.91 Å². The van der Waals surface area contributed by atoms with E-state index in [1.807, 2.05) is 36.0 Å². The minimum Gasteiger partial charge on any atom is -0.495 e. The number of rotatable bonds is 4. The molecule has 128 valence electrons. The fraction of sp³-hybridized carbons (Fsp3) is 0.158. The van der Waals surface area contributed by atoms with E-state index >= 15 is 0 Å². The molecule has 6 nitrogen and oxygen atoms in total. The van der Waals surface area contributed by atoms with Crippen LogP contribution in [0, 0.1) is 0 Å². The van der Waals surface area contributed by atoms with Crippen molar-refractivity contribution in [2.24, 2.45) is 7.05 Å². The molecule has 0 spiro atoms. The second-order valence-electron chi connectivity index (χ2n) is 5.75. The van der Waals surface area contributed by atoms with Crippen LogP contribution in [0.25, 0.3) is 10.9 Å². The molecule has 0 radical (unpaired) electrons. The summed E-state index contributed by atoms with van der Waals surface area (Å²) < 4.78 is 7.25. The Morgan fingerprint density at radius 2 is 1.84 bits per heavy atom. The van der Waals surface area contributed by atoms with Gasteiger partial charge < -0.3 is 19.9 Å². The van der Waals surface area contributed by atoms with E-state index in [1.165, 1.54) is 14.0 Å². The van der Waals surface area contributed by atoms with Crippen LogP contribution in [-0.2, 0) is 11.8 Å². The third-order valence-corrected chi connectivity index (χ3v) is 3.92. The number of aryl methyl sites for hydroxylation is 1. The molecule has 2 N–H and O–H groups in total. The molecule has 0 unspecified atom stereocenters. The van der Waals surface area contributed by atoms with E-state index in [1.54, 1.807) is 24.3 Å². The van der Waals surface area contributed by atoms with Crippen molar-refractivity contribution in [3.8, 4) is 5.75 Å². The van der Waals surface area contributed by atoms with Crippen molar-refractivity contribution < 1.29 is 14.3 Å². The van der Waals surface area contributed by atoms with Crippen LogP contribution in [0.2, 0.25) is 0 Å². The largest absolute Gasteiger partial charge is 0.495 e. The highest BCUT2D eigenvalue weighted by Crippen LogP contribution is 2.28. The summed E-state index contributed by atoms with van der Waals surface area (Å²) in [4.78, 5) is 23.9. The number of nitrogens with zero attached hydrogens (tertiary/aromatic N) is 1. The lowest BCUT2D eigenvalue weighted by atomic mass is 10.1. The monoisotopic (exact) mass is 337 g/mol. The lowest BCUT2D eigenvalue weighted by molar-refractivity contribution is -0.114. The lowest BCUT2D eigenvalue weighted by Crippen LogP contribution is -2.13. The summed E-state index contributed by atoms with van der Waals surface area (Å²) in [5.74, 6) is 0.0837. The lowest BCUT2D eigenvalue weighted by Gasteiger charge is -2.12. The molecule has 6 heteroatoms. The number of hydrogen-bond acceptors (Lipinski definition) is 3. The third-order valence-electron chi connectivity index (χ3n) is 3.92. The third kappa shape index (κ3) is 3.47. The minimum absolute atomic E-state index is 0.184. The number of fused-ring (bicyclic) bond motifs is 1. The minimum atomic E-state index is -0.249. The zero-order chi connectivity index (χ0) is 18.0. The van der Waals surface area contributed by atoms with Crippen LogP contribution in [0.15, 0.2) is 48.7 Å². The van der Waals surface area contributed by atoms with Crippen molar-refractivity contribution >= 4 is 34.1 Å². The van der Waals surface area contributed by atoms with Crippen LogP contribution in [-0.4, -0.2) is 23.5 Å². The number of anilines is 2. The summed E-state index contributed by atoms with van der Waals surface area (Å²) in [6.07, 6.45) is 1.95. The molecule has 1 heterocycles. The molecule has 0 aliphatic rings. The summed E-state index contributed by atoms with van der Waals surface area (Å²) in [5, 5.41) is 6.61. The molecule has 25 heavy (non-hydrogen) atoms. The first-order valence-corrected chi connectivity index (χ1v) is 7.80. The summed E-state index contributed by atoms with van der Waals surface area (Å²) in [5.41, 5.74) is 2.60. The molecule has 0 saturated heterocycles. The Kier molecular flexibility index (Phi) is 4.43. The molecule has 0 atom stereocenters. The van der Waals surface area contributed by atoms with E-state index in [4.69, 9.17) is 4.74 Å². The maximum Gasteiger partial charge on any atom is 0.255 e. The molecular formula is C19H19N3O3. The second-order valence-corrected chi connectivity index (χ2v) is 5.75. The van der Waals surface area contributed by atoms with Crippen LogP contribution in [0.5, 0.6) is 5.75 Å². The zero-order valence-electron chi connectivity index (χ0n) is 14.3. The highest BCUT2D eigenvalue weighted by Gasteiger charge is 2.12. The first-order valence-electron chi connectivity index (χ1n) is 7.80. The SMILES string of the molecule is COc1ccc(NC(C)=O)cc1NC(=O)c1ccc2ccn(C)c2c1. The van der Waals surface area contributed by atoms with Gasteiger partial charge in [-0.15, -0.1) is 0 Å². The molecule has 0 aliphatic carbocycles. The van der Waals surface area contributed by atoms with Gasteiger partial charge in [-0.2, -0.15) is 0 Å². The Bertz CT molecular complexity index is 960. The number of ether oxygens (including phenoxy) is 1. The van der Waals surface area contributed by atoms with Crippen molar-refractivity contribution in [3.05, 3.63) is 54.2 Å². The summed E-state index contributed by atoms with van der Waals surface area (Å²) >= 11 is 0. The van der Waals surface area contributed by atoms with Crippen molar-refractivity contribution in [3.63, 3.8) is 0 Å². The van der Waals surface area contributed by atoms with Gasteiger partial charge in [0.05, 0.1) is 12.8 Å². The first kappa shape index (κ1) is 16.6. The highest BCUT2D eigenvalue weighted by molar-refractivity contribution is 6.07. The molecule has 3 aromatic rings. The van der Waals surface area contributed by atoms with Gasteiger partial charge in [0, 0.05) is 36.9 Å². The molecule has 0 saturated carbocycles. The van der Waals surface area contributed by atoms with Crippen LogP contribution in [0.3, 0.4) is 0 Å². The fourth-order valence-corrected chi connectivity index (χ4v) is 2.68. The average Bonchev–Trinajstić information content (AvgIpc) is 2.95. The van der Waals surface area contributed by atoms with Gasteiger partial charge in [-0.3, -0.25) is 9.59 Å². The Hall–Kier alpha value is -3.28. The van der Waals surface area contributed by atoms with Gasteiger partial charge in [-0.25, -0.2) is 0 Å². The Labute approximate surface area is 145 Å². The van der Waals surface area contributed by atoms with E-state index in [0.29, 0.717) is 22.7 Å². The van der Waals surface area contributed by atoms with Crippen LogP contribution >= 0.6 is 0 Å². The van der Waals surface area contributed by atoms with Gasteiger partial charge in [-0.05, 0) is 41.8 Å². The number of nitrogens with one attached hydrogen (secondary N) is 2. The maximum absolute atomic E-state index is 12.6. The number of carbonyl (C=O) groups is 2. The van der Waals surface area contributed by atoms with E-state index in [2.05, 4.69) is 10.6 Å². The molecular weight excluding hydrogens is 318 g/mol. The number of benzene rings is 2. The van der Waals surface area contributed by atoms with Crippen molar-refractivity contribution in [1.82, 2.24) is 4.57 Å². The molecule has 0 aliphatic heterocycles. The summed E-state index contributed by atoms with van der Waals surface area (Å²) in [6, 6.07) is 12.6. The average molecular weight is 337 g/mol. The van der Waals surface area contributed by atoms with Crippen LogP contribution in [0.1, 0.15) is 17.3 Å². The Balaban J connectivity index is 1.90. The number of carbonyl (C=O) groups excluding carboxylic acids is 2. The van der Waals surface area contributed by atoms with E-state index in [0.717, 1.165) is 10.9 Å². The van der Waals surface area contributed by atoms with Gasteiger partial charge in [0.25, 0.3) is 5.91 Å². The van der Waals surface area contributed by atoms with Crippen LogP contribution < -0.4 is 15.4 Å². The van der Waals surface area contributed by atoms with Gasteiger partial charge in [0.1, 0.15) is 5.75 Å². The standard InChI is InChI=1S/C19H19N3O3/c1-12(23)20-15-6-7-18(25-3)16(11-15)21-19(24)14-5-4-13-8-9-22(2)17(13)10-14/h4-11H,1-3H3,(H,20,23)(H,21,24). The molecule has 2 amide bonds. The number of aromatic nitrogens is 1. The normalized spacial score (nSPS) is 10.5. The highest BCUT2D eigenvalue weighted by atomic mass is 16.5. The fourth-order valence-electron chi connectivity index (χ4n) is 2.68. The maximum atomic E-state index is 12.6. The Morgan fingerprint density at radius 3 is 2.56 bits per heavy atom. The first-order chi connectivity index (χ1) is 12.0. The molecule has 0 fully saturated rings. The number of amides is 2. The Morgan fingerprint density at radius 1 is 1.04 bits per heavy atom. The molecule has 0 bridgehead atoms.